The number of nitrogens with zero attached hydrogens (tertiary/aromatic N) is 2. The largest absolute Gasteiger partial charge is 0.454 e. The van der Waals surface area contributed by atoms with Crippen molar-refractivity contribution in [3.05, 3.63) is 22.2 Å². The van der Waals surface area contributed by atoms with E-state index in [4.69, 9.17) is 9.47 Å². The lowest BCUT2D eigenvalue weighted by molar-refractivity contribution is -0.127. The second-order valence-corrected chi connectivity index (χ2v) is 6.00. The van der Waals surface area contributed by atoms with Crippen LogP contribution in [0.25, 0.3) is 0 Å². The number of halogens is 2. The van der Waals surface area contributed by atoms with Crippen molar-refractivity contribution in [3.8, 4) is 11.5 Å². The standard InChI is InChI=1S/C15H21BrN4O3.HI/c1-4-17-15(19-8-13(21)20(2)3)18-7-10-5-11(16)14-12(6-10)22-9-23-14;/h5-6H,4,7-9H2,1-3H3,(H2,17,18,19);1H. The van der Waals surface area contributed by atoms with Crippen LogP contribution in [-0.4, -0.2) is 50.7 Å². The highest BCUT2D eigenvalue weighted by molar-refractivity contribution is 14.0. The zero-order valence-electron chi connectivity index (χ0n) is 13.9. The van der Waals surface area contributed by atoms with Crippen molar-refractivity contribution in [3.63, 3.8) is 0 Å². The minimum atomic E-state index is -0.0126. The molecule has 0 fully saturated rings. The summed E-state index contributed by atoms with van der Waals surface area (Å²) in [6.45, 7) is 3.58. The molecule has 0 aromatic heterocycles. The first-order valence-electron chi connectivity index (χ1n) is 7.31. The Labute approximate surface area is 167 Å². The molecule has 0 saturated carbocycles. The van der Waals surface area contributed by atoms with Gasteiger partial charge in [-0.3, -0.25) is 4.79 Å². The van der Waals surface area contributed by atoms with E-state index in [1.54, 1.807) is 14.1 Å². The summed E-state index contributed by atoms with van der Waals surface area (Å²) in [5.41, 5.74) is 0.984. The van der Waals surface area contributed by atoms with E-state index < -0.39 is 0 Å². The SMILES string of the molecule is CCNC(=NCc1cc(Br)c2c(c1)OCO2)NCC(=O)N(C)C.I. The molecular weight excluding hydrogens is 491 g/mol. The van der Waals surface area contributed by atoms with Gasteiger partial charge in [-0.1, -0.05) is 0 Å². The molecule has 134 valence electrons. The third kappa shape index (κ3) is 5.69. The molecule has 1 aliphatic heterocycles. The summed E-state index contributed by atoms with van der Waals surface area (Å²) < 4.78 is 11.6. The minimum absolute atomic E-state index is 0. The first-order chi connectivity index (χ1) is 11.0. The van der Waals surface area contributed by atoms with E-state index in [1.807, 2.05) is 19.1 Å². The molecule has 1 aromatic carbocycles. The predicted octanol–water partition coefficient (Wildman–Crippen LogP) is 1.94. The number of benzene rings is 1. The molecule has 2 N–H and O–H groups in total. The second kappa shape index (κ2) is 9.92. The fourth-order valence-electron chi connectivity index (χ4n) is 1.94. The van der Waals surface area contributed by atoms with E-state index in [1.165, 1.54) is 4.90 Å². The number of hydrogen-bond acceptors (Lipinski definition) is 4. The molecule has 0 unspecified atom stereocenters. The van der Waals surface area contributed by atoms with Gasteiger partial charge in [0.25, 0.3) is 0 Å². The summed E-state index contributed by atoms with van der Waals surface area (Å²) in [5, 5.41) is 6.13. The Morgan fingerprint density at radius 3 is 2.75 bits per heavy atom. The fourth-order valence-corrected chi connectivity index (χ4v) is 2.55. The van der Waals surface area contributed by atoms with Gasteiger partial charge >= 0.3 is 0 Å². The van der Waals surface area contributed by atoms with Gasteiger partial charge in [-0.15, -0.1) is 24.0 Å². The molecule has 1 amide bonds. The molecule has 1 aromatic rings. The van der Waals surface area contributed by atoms with Gasteiger partial charge in [0, 0.05) is 20.6 Å². The number of rotatable bonds is 5. The van der Waals surface area contributed by atoms with Gasteiger partial charge in [-0.25, -0.2) is 4.99 Å². The van der Waals surface area contributed by atoms with Crippen LogP contribution in [0.3, 0.4) is 0 Å². The Hall–Kier alpha value is -1.23. The first kappa shape index (κ1) is 20.8. The summed E-state index contributed by atoms with van der Waals surface area (Å²) in [6.07, 6.45) is 0. The van der Waals surface area contributed by atoms with E-state index >= 15 is 0 Å². The van der Waals surface area contributed by atoms with Crippen LogP contribution in [0, 0.1) is 0 Å². The molecule has 0 atom stereocenters. The molecule has 0 spiro atoms. The number of amides is 1. The molecule has 1 aliphatic rings. The Kier molecular flexibility index (Phi) is 8.60. The van der Waals surface area contributed by atoms with Crippen molar-refractivity contribution in [2.75, 3.05) is 34.0 Å². The van der Waals surface area contributed by atoms with Crippen molar-refractivity contribution in [2.24, 2.45) is 4.99 Å². The molecular formula is C15H22BrIN4O3. The average molecular weight is 513 g/mol. The monoisotopic (exact) mass is 512 g/mol. The van der Waals surface area contributed by atoms with Gasteiger partial charge in [0.05, 0.1) is 17.6 Å². The molecule has 7 nitrogen and oxygen atoms in total. The Morgan fingerprint density at radius 1 is 1.33 bits per heavy atom. The smallest absolute Gasteiger partial charge is 0.241 e. The topological polar surface area (TPSA) is 75.2 Å². The highest BCUT2D eigenvalue weighted by Gasteiger charge is 2.17. The highest BCUT2D eigenvalue weighted by atomic mass is 127. The Morgan fingerprint density at radius 2 is 2.08 bits per heavy atom. The van der Waals surface area contributed by atoms with Crippen molar-refractivity contribution < 1.29 is 14.3 Å². The summed E-state index contributed by atoms with van der Waals surface area (Å²) in [7, 11) is 3.44. The van der Waals surface area contributed by atoms with E-state index in [-0.39, 0.29) is 43.2 Å². The number of ether oxygens (including phenoxy) is 2. The number of carbonyl (C=O) groups is 1. The Bertz CT molecular complexity index is 611. The van der Waals surface area contributed by atoms with Crippen LogP contribution >= 0.6 is 39.9 Å². The molecule has 0 bridgehead atoms. The minimum Gasteiger partial charge on any atom is -0.454 e. The van der Waals surface area contributed by atoms with Crippen molar-refractivity contribution >= 4 is 51.8 Å². The van der Waals surface area contributed by atoms with E-state index in [2.05, 4.69) is 31.6 Å². The van der Waals surface area contributed by atoms with Gasteiger partial charge in [-0.05, 0) is 40.5 Å². The van der Waals surface area contributed by atoms with Gasteiger partial charge in [0.2, 0.25) is 12.7 Å². The van der Waals surface area contributed by atoms with E-state index in [0.717, 1.165) is 15.8 Å². The van der Waals surface area contributed by atoms with Gasteiger partial charge in [0.15, 0.2) is 17.5 Å². The number of guanidine groups is 1. The number of hydrogen-bond donors (Lipinski definition) is 2. The molecule has 0 saturated heterocycles. The first-order valence-corrected chi connectivity index (χ1v) is 8.11. The zero-order chi connectivity index (χ0) is 16.8. The third-order valence-electron chi connectivity index (χ3n) is 3.16. The number of fused-ring (bicyclic) bond motifs is 1. The van der Waals surface area contributed by atoms with Crippen LogP contribution in [0.2, 0.25) is 0 Å². The summed E-state index contributed by atoms with van der Waals surface area (Å²) in [5.74, 6) is 2.02. The van der Waals surface area contributed by atoms with Crippen LogP contribution in [0.15, 0.2) is 21.6 Å². The van der Waals surface area contributed by atoms with Crippen molar-refractivity contribution in [1.29, 1.82) is 0 Å². The van der Waals surface area contributed by atoms with Crippen LogP contribution < -0.4 is 20.1 Å². The summed E-state index contributed by atoms with van der Waals surface area (Å²) in [6, 6.07) is 3.86. The number of nitrogens with one attached hydrogen (secondary N) is 2. The van der Waals surface area contributed by atoms with Crippen molar-refractivity contribution in [2.45, 2.75) is 13.5 Å². The maximum Gasteiger partial charge on any atom is 0.241 e. The lowest BCUT2D eigenvalue weighted by atomic mass is 10.2. The summed E-state index contributed by atoms with van der Waals surface area (Å²) >= 11 is 3.47. The normalized spacial score (nSPS) is 12.4. The predicted molar refractivity (Wildman–Crippen MR) is 107 cm³/mol. The van der Waals surface area contributed by atoms with E-state index in [0.29, 0.717) is 24.8 Å². The van der Waals surface area contributed by atoms with E-state index in [9.17, 15) is 4.79 Å². The second-order valence-electron chi connectivity index (χ2n) is 5.15. The molecule has 24 heavy (non-hydrogen) atoms. The van der Waals surface area contributed by atoms with Crippen molar-refractivity contribution in [1.82, 2.24) is 15.5 Å². The molecule has 0 radical (unpaired) electrons. The number of carbonyl (C=O) groups excluding carboxylic acids is 1. The lowest BCUT2D eigenvalue weighted by Gasteiger charge is -2.14. The zero-order valence-corrected chi connectivity index (χ0v) is 17.8. The number of aliphatic imine (C=N–C) groups is 1. The van der Waals surface area contributed by atoms with Crippen LogP contribution in [0.1, 0.15) is 12.5 Å². The Balaban J connectivity index is 0.00000288. The van der Waals surface area contributed by atoms with Crippen LogP contribution in [0.5, 0.6) is 11.5 Å². The molecule has 2 rings (SSSR count). The maximum absolute atomic E-state index is 11.6. The van der Waals surface area contributed by atoms with Crippen LogP contribution in [0.4, 0.5) is 0 Å². The fraction of sp³-hybridized carbons (Fsp3) is 0.467. The summed E-state index contributed by atoms with van der Waals surface area (Å²) in [4.78, 5) is 17.7. The quantitative estimate of drug-likeness (QED) is 0.358. The maximum atomic E-state index is 11.6. The average Bonchev–Trinajstić information content (AvgIpc) is 2.98. The highest BCUT2D eigenvalue weighted by Crippen LogP contribution is 2.40. The molecule has 1 heterocycles. The van der Waals surface area contributed by atoms with Crippen LogP contribution in [-0.2, 0) is 11.3 Å². The molecule has 0 aliphatic carbocycles. The van der Waals surface area contributed by atoms with Gasteiger partial charge in [-0.2, -0.15) is 0 Å². The van der Waals surface area contributed by atoms with Gasteiger partial charge in [0.1, 0.15) is 0 Å². The third-order valence-corrected chi connectivity index (χ3v) is 3.75. The van der Waals surface area contributed by atoms with Gasteiger partial charge < -0.3 is 25.0 Å². The molecule has 9 heteroatoms. The number of likely N-dealkylation sites (N-methyl/N-ethyl adjacent to an activating group) is 1. The lowest BCUT2D eigenvalue weighted by Crippen LogP contribution is -2.42.